The predicted octanol–water partition coefficient (Wildman–Crippen LogP) is 8.13. The topological polar surface area (TPSA) is 38.8 Å². The number of carbonyl (C=O) groups is 1. The molecule has 1 aliphatic heterocycles. The van der Waals surface area contributed by atoms with Crippen molar-refractivity contribution in [2.75, 3.05) is 11.5 Å². The van der Waals surface area contributed by atoms with Crippen molar-refractivity contribution < 1.29 is 14.0 Å². The molecule has 0 N–H and O–H groups in total. The third kappa shape index (κ3) is 7.47. The Hall–Kier alpha value is -2.60. The quantitative estimate of drug-likeness (QED) is 0.278. The van der Waals surface area contributed by atoms with Crippen LogP contribution in [0.15, 0.2) is 60.7 Å². The van der Waals surface area contributed by atoms with E-state index in [1.54, 1.807) is 4.90 Å². The number of benzene rings is 2. The fourth-order valence-electron chi connectivity index (χ4n) is 3.88. The summed E-state index contributed by atoms with van der Waals surface area (Å²) in [7, 11) is -3.56. The molecule has 0 bridgehead atoms. The van der Waals surface area contributed by atoms with Crippen molar-refractivity contribution in [3.63, 3.8) is 0 Å². The zero-order valence-corrected chi connectivity index (χ0v) is 26.0. The lowest BCUT2D eigenvalue weighted by Gasteiger charge is -2.38. The minimum absolute atomic E-state index is 0.149. The van der Waals surface area contributed by atoms with Crippen LogP contribution < -0.4 is 4.90 Å². The summed E-state index contributed by atoms with van der Waals surface area (Å²) in [5.41, 5.74) is 7.50. The Morgan fingerprint density at radius 2 is 1.62 bits per heavy atom. The summed E-state index contributed by atoms with van der Waals surface area (Å²) < 4.78 is 12.4. The van der Waals surface area contributed by atoms with E-state index >= 15 is 0 Å². The van der Waals surface area contributed by atoms with E-state index in [0.29, 0.717) is 6.61 Å². The summed E-state index contributed by atoms with van der Waals surface area (Å²) in [5.74, 6) is 3.60. The lowest BCUT2D eigenvalue weighted by atomic mass is 9.88. The first-order valence-corrected chi connectivity index (χ1v) is 19.6. The molecule has 0 unspecified atom stereocenters. The Morgan fingerprint density at radius 1 is 1.00 bits per heavy atom. The number of hydrogen-bond acceptors (Lipinski definition) is 3. The third-order valence-electron chi connectivity index (χ3n) is 7.12. The van der Waals surface area contributed by atoms with Crippen molar-refractivity contribution >= 4 is 33.7 Å². The minimum atomic E-state index is -1.89. The van der Waals surface area contributed by atoms with Crippen LogP contribution in [0.2, 0.25) is 37.8 Å². The Labute approximate surface area is 226 Å². The molecule has 1 heterocycles. The van der Waals surface area contributed by atoms with Crippen LogP contribution in [0, 0.1) is 17.4 Å². The molecule has 6 heteroatoms. The van der Waals surface area contributed by atoms with Gasteiger partial charge in [-0.1, -0.05) is 102 Å². The van der Waals surface area contributed by atoms with Gasteiger partial charge in [0.25, 0.3) is 0 Å². The van der Waals surface area contributed by atoms with Gasteiger partial charge in [-0.2, -0.15) is 0 Å². The minimum Gasteiger partial charge on any atom is -0.444 e. The summed E-state index contributed by atoms with van der Waals surface area (Å²) >= 11 is 0. The number of amides is 1. The lowest BCUT2D eigenvalue weighted by molar-refractivity contribution is 0.146. The largest absolute Gasteiger partial charge is 0.444 e. The van der Waals surface area contributed by atoms with Crippen LogP contribution in [-0.4, -0.2) is 35.1 Å². The molecule has 0 spiro atoms. The molecule has 0 aliphatic carbocycles. The van der Waals surface area contributed by atoms with Crippen LogP contribution in [0.3, 0.4) is 0 Å². The van der Waals surface area contributed by atoms with E-state index in [-0.39, 0.29) is 23.7 Å². The van der Waals surface area contributed by atoms with Gasteiger partial charge < -0.3 is 9.16 Å². The second kappa shape index (κ2) is 11.4. The average molecular weight is 534 g/mol. The molecule has 0 saturated carbocycles. The van der Waals surface area contributed by atoms with Crippen molar-refractivity contribution in [1.82, 2.24) is 0 Å². The zero-order valence-electron chi connectivity index (χ0n) is 24.0. The predicted molar refractivity (Wildman–Crippen MR) is 161 cm³/mol. The number of hydrogen-bond donors (Lipinski definition) is 0. The molecule has 0 fully saturated rings. The van der Waals surface area contributed by atoms with Gasteiger partial charge in [0.15, 0.2) is 8.32 Å². The van der Waals surface area contributed by atoms with Gasteiger partial charge >= 0.3 is 6.09 Å². The maximum Gasteiger partial charge on any atom is 0.415 e. The van der Waals surface area contributed by atoms with Gasteiger partial charge in [-0.25, -0.2) is 4.79 Å². The Bertz CT molecular complexity index is 1180. The Morgan fingerprint density at radius 3 is 2.24 bits per heavy atom. The number of carbonyl (C=O) groups excluding carboxylic acids is 1. The first kappa shape index (κ1) is 29.0. The first-order valence-electron chi connectivity index (χ1n) is 13.2. The Kier molecular flexibility index (Phi) is 8.95. The molecule has 0 aromatic heterocycles. The molecule has 1 aliphatic rings. The van der Waals surface area contributed by atoms with E-state index in [4.69, 9.17) is 9.16 Å². The third-order valence-corrected chi connectivity index (χ3v) is 12.5. The highest BCUT2D eigenvalue weighted by Crippen LogP contribution is 2.41. The smallest absolute Gasteiger partial charge is 0.415 e. The number of fused-ring (bicyclic) bond motifs is 1. The van der Waals surface area contributed by atoms with Gasteiger partial charge in [0.2, 0.25) is 0 Å². The molecule has 0 radical (unpaired) electrons. The fourth-order valence-corrected chi connectivity index (χ4v) is 5.56. The summed E-state index contributed by atoms with van der Waals surface area (Å²) in [4.78, 5) is 15.2. The zero-order chi connectivity index (χ0) is 27.4. The fraction of sp³-hybridized carbons (Fsp3) is 0.452. The molecular weight excluding hydrogens is 491 g/mol. The van der Waals surface area contributed by atoms with Crippen LogP contribution in [0.25, 0.3) is 5.57 Å². The molecule has 4 nitrogen and oxygen atoms in total. The second-order valence-corrected chi connectivity index (χ2v) is 22.0. The number of ether oxygens (including phenoxy) is 1. The number of anilines is 1. The maximum absolute atomic E-state index is 13.5. The van der Waals surface area contributed by atoms with Gasteiger partial charge in [-0.15, -0.1) is 5.54 Å². The van der Waals surface area contributed by atoms with Crippen molar-refractivity contribution in [2.45, 2.75) is 78.1 Å². The highest BCUT2D eigenvalue weighted by atomic mass is 28.4. The SMILES string of the molecule is C[C@@H](CO[Si](C)(C)C(C)(C)C)C1=C[C@@H](C#C[Si](C)(C)C)N(C(=O)OCc2ccccc2)c2ccccc21. The van der Waals surface area contributed by atoms with Crippen molar-refractivity contribution in [2.24, 2.45) is 5.92 Å². The number of rotatable bonds is 6. The molecule has 1 amide bonds. The Balaban J connectivity index is 1.96. The monoisotopic (exact) mass is 533 g/mol. The van der Waals surface area contributed by atoms with E-state index < -0.39 is 22.4 Å². The van der Waals surface area contributed by atoms with Crippen molar-refractivity contribution in [3.8, 4) is 11.5 Å². The molecule has 3 rings (SSSR count). The summed E-state index contributed by atoms with van der Waals surface area (Å²) in [5, 5.41) is 0.149. The first-order chi connectivity index (χ1) is 17.2. The van der Waals surface area contributed by atoms with Gasteiger partial charge in [0.05, 0.1) is 5.69 Å². The van der Waals surface area contributed by atoms with Gasteiger partial charge in [0, 0.05) is 18.1 Å². The highest BCUT2D eigenvalue weighted by Gasteiger charge is 2.38. The molecular formula is C31H43NO3Si2. The number of para-hydroxylation sites is 1. The van der Waals surface area contributed by atoms with Crippen molar-refractivity contribution in [1.29, 1.82) is 0 Å². The summed E-state index contributed by atoms with van der Waals surface area (Å²) in [6, 6.07) is 17.5. The van der Waals surface area contributed by atoms with Gasteiger partial charge in [0.1, 0.15) is 20.7 Å². The van der Waals surface area contributed by atoms with Crippen LogP contribution in [-0.2, 0) is 15.8 Å². The molecule has 2 aromatic carbocycles. The van der Waals surface area contributed by atoms with E-state index in [1.165, 1.54) is 5.57 Å². The molecule has 198 valence electrons. The molecule has 37 heavy (non-hydrogen) atoms. The van der Waals surface area contributed by atoms with E-state index in [0.717, 1.165) is 16.8 Å². The second-order valence-electron chi connectivity index (χ2n) is 12.5. The van der Waals surface area contributed by atoms with Crippen LogP contribution >= 0.6 is 0 Å². The number of nitrogens with zero attached hydrogens (tertiary/aromatic N) is 1. The van der Waals surface area contributed by atoms with Crippen LogP contribution in [0.5, 0.6) is 0 Å². The highest BCUT2D eigenvalue weighted by molar-refractivity contribution is 6.83. The molecule has 2 atom stereocenters. The standard InChI is InChI=1S/C31H43NO3Si2/c1-24(22-35-37(8,9)31(2,3)4)28-21-26(19-20-36(5,6)7)32(29-18-14-13-17-27(28)29)30(33)34-23-25-15-11-10-12-16-25/h10-18,21,24,26H,22-23H2,1-9H3/t24-,26+/m0/s1. The lowest BCUT2D eigenvalue weighted by Crippen LogP contribution is -2.43. The van der Waals surface area contributed by atoms with E-state index in [9.17, 15) is 4.79 Å². The average Bonchev–Trinajstić information content (AvgIpc) is 2.83. The summed E-state index contributed by atoms with van der Waals surface area (Å²) in [6.07, 6.45) is 1.77. The van der Waals surface area contributed by atoms with Crippen LogP contribution in [0.4, 0.5) is 10.5 Å². The molecule has 2 aromatic rings. The van der Waals surface area contributed by atoms with Gasteiger partial charge in [-0.05, 0) is 41.4 Å². The normalized spacial score (nSPS) is 16.7. The van der Waals surface area contributed by atoms with Crippen molar-refractivity contribution in [3.05, 3.63) is 71.8 Å². The molecule has 0 saturated heterocycles. The van der Waals surface area contributed by atoms with Gasteiger partial charge in [-0.3, -0.25) is 4.90 Å². The van der Waals surface area contributed by atoms with Crippen LogP contribution in [0.1, 0.15) is 38.8 Å². The van der Waals surface area contributed by atoms with E-state index in [2.05, 4.69) is 84.0 Å². The summed E-state index contributed by atoms with van der Waals surface area (Å²) in [6.45, 7) is 21.1. The maximum atomic E-state index is 13.5. The van der Waals surface area contributed by atoms with E-state index in [1.807, 2.05) is 48.5 Å².